The topological polar surface area (TPSA) is 125 Å². The van der Waals surface area contributed by atoms with Gasteiger partial charge < -0.3 is 10.5 Å². The third-order valence-electron chi connectivity index (χ3n) is 2.39. The van der Waals surface area contributed by atoms with E-state index in [9.17, 15) is 18.5 Å². The Morgan fingerprint density at radius 2 is 2.15 bits per heavy atom. The number of hydrogen-bond acceptors (Lipinski definition) is 6. The van der Waals surface area contributed by atoms with Gasteiger partial charge in [-0.25, -0.2) is 13.1 Å². The fourth-order valence-corrected chi connectivity index (χ4v) is 3.23. The normalized spacial score (nSPS) is 11.5. The fraction of sp³-hybridized carbons (Fsp3) is 0.400. The number of ether oxygens (including phenoxy) is 1. The summed E-state index contributed by atoms with van der Waals surface area (Å²) in [6.07, 6.45) is 0.478. The molecule has 0 heterocycles. The van der Waals surface area contributed by atoms with Gasteiger partial charge in [0.1, 0.15) is 4.90 Å². The van der Waals surface area contributed by atoms with E-state index in [1.54, 1.807) is 0 Å². The van der Waals surface area contributed by atoms with Crippen molar-refractivity contribution in [3.63, 3.8) is 0 Å². The van der Waals surface area contributed by atoms with Crippen molar-refractivity contribution < 1.29 is 18.1 Å². The van der Waals surface area contributed by atoms with Crippen LogP contribution >= 0.6 is 15.9 Å². The molecule has 0 aliphatic carbocycles. The van der Waals surface area contributed by atoms with Gasteiger partial charge in [-0.05, 0) is 22.4 Å². The van der Waals surface area contributed by atoms with Crippen LogP contribution in [0.2, 0.25) is 0 Å². The second-order valence-electron chi connectivity index (χ2n) is 3.84. The van der Waals surface area contributed by atoms with Crippen molar-refractivity contribution >= 4 is 37.3 Å². The number of sulfonamides is 1. The van der Waals surface area contributed by atoms with Crippen molar-refractivity contribution in [1.29, 1.82) is 0 Å². The Balaban J connectivity index is 3.07. The van der Waals surface area contributed by atoms with Crippen LogP contribution in [0, 0.1) is 10.1 Å². The van der Waals surface area contributed by atoms with E-state index in [2.05, 4.69) is 20.7 Å². The van der Waals surface area contributed by atoms with Crippen LogP contribution in [0.25, 0.3) is 0 Å². The first kappa shape index (κ1) is 16.8. The van der Waals surface area contributed by atoms with E-state index in [1.165, 1.54) is 7.11 Å². The van der Waals surface area contributed by atoms with Gasteiger partial charge in [0, 0.05) is 36.9 Å². The molecule has 20 heavy (non-hydrogen) atoms. The van der Waals surface area contributed by atoms with Crippen LogP contribution in [0.3, 0.4) is 0 Å². The smallest absolute Gasteiger partial charge is 0.272 e. The second-order valence-corrected chi connectivity index (χ2v) is 6.43. The first-order valence-electron chi connectivity index (χ1n) is 5.51. The minimum atomic E-state index is -3.91. The van der Waals surface area contributed by atoms with E-state index < -0.39 is 14.9 Å². The molecule has 1 aromatic carbocycles. The van der Waals surface area contributed by atoms with Crippen molar-refractivity contribution in [3.05, 3.63) is 26.7 Å². The maximum Gasteiger partial charge on any atom is 0.272 e. The van der Waals surface area contributed by atoms with Gasteiger partial charge in [-0.3, -0.25) is 10.1 Å². The lowest BCUT2D eigenvalue weighted by Crippen LogP contribution is -2.26. The van der Waals surface area contributed by atoms with E-state index in [0.717, 1.165) is 12.1 Å². The molecule has 0 aromatic heterocycles. The Hall–Kier alpha value is -1.23. The first-order chi connectivity index (χ1) is 9.29. The maximum absolute atomic E-state index is 12.1. The number of non-ortho nitro benzene ring substituents is 1. The number of rotatable bonds is 7. The number of nitro benzene ring substituents is 1. The number of anilines is 1. The molecule has 1 aromatic rings. The number of nitrogens with two attached hydrogens (primary N) is 1. The van der Waals surface area contributed by atoms with Crippen LogP contribution < -0.4 is 10.5 Å². The molecule has 0 aliphatic heterocycles. The molecule has 8 nitrogen and oxygen atoms in total. The van der Waals surface area contributed by atoms with Crippen molar-refractivity contribution in [2.75, 3.05) is 26.0 Å². The molecule has 0 saturated carbocycles. The van der Waals surface area contributed by atoms with E-state index >= 15 is 0 Å². The molecule has 0 aliphatic rings. The molecule has 0 atom stereocenters. The number of nitrogens with zero attached hydrogens (tertiary/aromatic N) is 1. The van der Waals surface area contributed by atoms with Crippen LogP contribution in [0.4, 0.5) is 11.4 Å². The molecule has 3 N–H and O–H groups in total. The summed E-state index contributed by atoms with van der Waals surface area (Å²) in [5, 5.41) is 10.8. The molecular formula is C10H14BrN3O5S. The molecule has 0 unspecified atom stereocenters. The summed E-state index contributed by atoms with van der Waals surface area (Å²) in [5.41, 5.74) is 5.22. The summed E-state index contributed by atoms with van der Waals surface area (Å²) in [6, 6.07) is 2.08. The molecular weight excluding hydrogens is 354 g/mol. The summed E-state index contributed by atoms with van der Waals surface area (Å²) in [6.45, 7) is 0.548. The molecule has 0 bridgehead atoms. The van der Waals surface area contributed by atoms with Gasteiger partial charge >= 0.3 is 0 Å². The van der Waals surface area contributed by atoms with Gasteiger partial charge in [0.25, 0.3) is 5.69 Å². The maximum atomic E-state index is 12.1. The number of hydrogen-bond donors (Lipinski definition) is 2. The molecule has 0 fully saturated rings. The van der Waals surface area contributed by atoms with Gasteiger partial charge in [0.15, 0.2) is 0 Å². The number of methoxy groups -OCH3 is 1. The zero-order valence-electron chi connectivity index (χ0n) is 10.6. The van der Waals surface area contributed by atoms with Crippen molar-refractivity contribution in [2.45, 2.75) is 11.3 Å². The molecule has 112 valence electrons. The van der Waals surface area contributed by atoms with Gasteiger partial charge in [-0.15, -0.1) is 0 Å². The highest BCUT2D eigenvalue weighted by Gasteiger charge is 2.23. The van der Waals surface area contributed by atoms with Crippen molar-refractivity contribution in [2.24, 2.45) is 0 Å². The minimum absolute atomic E-state index is 0.0742. The number of benzene rings is 1. The van der Waals surface area contributed by atoms with Crippen LogP contribution in [0.1, 0.15) is 6.42 Å². The lowest BCUT2D eigenvalue weighted by molar-refractivity contribution is -0.385. The summed E-state index contributed by atoms with van der Waals surface area (Å²) >= 11 is 3.01. The number of nitrogens with one attached hydrogen (secondary N) is 1. The summed E-state index contributed by atoms with van der Waals surface area (Å²) in [4.78, 5) is 9.75. The number of nitro groups is 1. The van der Waals surface area contributed by atoms with E-state index in [-0.39, 0.29) is 27.3 Å². The molecule has 0 radical (unpaired) electrons. The fourth-order valence-electron chi connectivity index (χ4n) is 1.41. The monoisotopic (exact) mass is 367 g/mol. The lowest BCUT2D eigenvalue weighted by Gasteiger charge is -2.10. The molecule has 1 rings (SSSR count). The third kappa shape index (κ3) is 4.13. The Labute approximate surface area is 124 Å². The lowest BCUT2D eigenvalue weighted by atomic mass is 10.3. The van der Waals surface area contributed by atoms with E-state index in [4.69, 9.17) is 10.5 Å². The number of halogens is 1. The van der Waals surface area contributed by atoms with Gasteiger partial charge in [-0.2, -0.15) is 0 Å². The van der Waals surface area contributed by atoms with Crippen molar-refractivity contribution in [1.82, 2.24) is 4.72 Å². The van der Waals surface area contributed by atoms with Crippen LogP contribution in [0.5, 0.6) is 0 Å². The second kappa shape index (κ2) is 6.97. The zero-order valence-corrected chi connectivity index (χ0v) is 13.0. The molecule has 0 spiro atoms. The highest BCUT2D eigenvalue weighted by atomic mass is 79.9. The molecule has 0 amide bonds. The standard InChI is InChI=1S/C10H14BrN3O5S/c1-19-4-2-3-13-20(17,18)9-6-7(14(15)16)5-8(11)10(9)12/h5-6,13H,2-4,12H2,1H3. The van der Waals surface area contributed by atoms with Gasteiger partial charge in [0.05, 0.1) is 10.6 Å². The highest BCUT2D eigenvalue weighted by molar-refractivity contribution is 9.10. The largest absolute Gasteiger partial charge is 0.397 e. The van der Waals surface area contributed by atoms with Crippen LogP contribution in [0.15, 0.2) is 21.5 Å². The predicted octanol–water partition coefficient (Wildman–Crippen LogP) is 1.25. The Bertz CT molecular complexity index is 605. The van der Waals surface area contributed by atoms with Gasteiger partial charge in [0.2, 0.25) is 10.0 Å². The van der Waals surface area contributed by atoms with Crippen LogP contribution in [-0.4, -0.2) is 33.6 Å². The Kier molecular flexibility index (Phi) is 5.87. The predicted molar refractivity (Wildman–Crippen MR) is 76.9 cm³/mol. The first-order valence-corrected chi connectivity index (χ1v) is 7.79. The van der Waals surface area contributed by atoms with E-state index in [1.807, 2.05) is 0 Å². The SMILES string of the molecule is COCCCNS(=O)(=O)c1cc([N+](=O)[O-])cc(Br)c1N. The summed E-state index contributed by atoms with van der Waals surface area (Å²) < 4.78 is 31.4. The number of nitrogen functional groups attached to an aromatic ring is 1. The van der Waals surface area contributed by atoms with Crippen molar-refractivity contribution in [3.8, 4) is 0 Å². The zero-order chi connectivity index (χ0) is 15.3. The molecule has 0 saturated heterocycles. The molecule has 10 heteroatoms. The Morgan fingerprint density at radius 1 is 1.50 bits per heavy atom. The third-order valence-corrected chi connectivity index (χ3v) is 4.55. The summed E-state index contributed by atoms with van der Waals surface area (Å²) in [7, 11) is -2.41. The average Bonchev–Trinajstić information content (AvgIpc) is 2.37. The summed E-state index contributed by atoms with van der Waals surface area (Å²) in [5.74, 6) is 0. The average molecular weight is 368 g/mol. The quantitative estimate of drug-likeness (QED) is 0.323. The highest BCUT2D eigenvalue weighted by Crippen LogP contribution is 2.31. The van der Waals surface area contributed by atoms with E-state index in [0.29, 0.717) is 13.0 Å². The Morgan fingerprint density at radius 3 is 2.70 bits per heavy atom. The minimum Gasteiger partial charge on any atom is -0.397 e. The van der Waals surface area contributed by atoms with Crippen LogP contribution in [-0.2, 0) is 14.8 Å². The van der Waals surface area contributed by atoms with Gasteiger partial charge in [-0.1, -0.05) is 0 Å².